The summed E-state index contributed by atoms with van der Waals surface area (Å²) in [4.78, 5) is 25.5. The van der Waals surface area contributed by atoms with Gasteiger partial charge in [0.1, 0.15) is 5.78 Å². The largest absolute Gasteiger partial charge is 0.392 e. The lowest BCUT2D eigenvalue weighted by atomic mass is 9.36. The summed E-state index contributed by atoms with van der Waals surface area (Å²) in [6, 6.07) is 0. The average Bonchev–Trinajstić information content (AvgIpc) is 2.48. The van der Waals surface area contributed by atoms with Crippen molar-refractivity contribution in [3.63, 3.8) is 0 Å². The van der Waals surface area contributed by atoms with Gasteiger partial charge in [0, 0.05) is 23.2 Å². The van der Waals surface area contributed by atoms with Crippen molar-refractivity contribution in [2.24, 2.45) is 34.0 Å². The van der Waals surface area contributed by atoms with Crippen LogP contribution < -0.4 is 0 Å². The van der Waals surface area contributed by atoms with E-state index in [2.05, 4.69) is 27.4 Å². The van der Waals surface area contributed by atoms with Gasteiger partial charge in [0.2, 0.25) is 0 Å². The van der Waals surface area contributed by atoms with Gasteiger partial charge in [-0.3, -0.25) is 9.59 Å². The van der Waals surface area contributed by atoms with Crippen LogP contribution in [0.1, 0.15) is 59.3 Å². The standard InChI is InChI=1S/C20H28O3/c1-11-12-9-15-19(4)7-6-16(22)18(2,3)14(19)5-8-20(15,17(11)23)10-13(12)21/h12-15,21H,1,5-10H2,2-4H3/t12-,13+,14-,15+,19-,20+/m1/s1. The first kappa shape index (κ1) is 15.6. The van der Waals surface area contributed by atoms with E-state index in [1.165, 1.54) is 0 Å². The van der Waals surface area contributed by atoms with Gasteiger partial charge < -0.3 is 5.11 Å². The third-order valence-corrected chi connectivity index (χ3v) is 8.34. The van der Waals surface area contributed by atoms with Gasteiger partial charge >= 0.3 is 0 Å². The van der Waals surface area contributed by atoms with Crippen LogP contribution >= 0.6 is 0 Å². The first-order chi connectivity index (χ1) is 10.6. The van der Waals surface area contributed by atoms with Crippen LogP contribution in [0.2, 0.25) is 0 Å². The number of carbonyl (C=O) groups is 2. The first-order valence-electron chi connectivity index (χ1n) is 9.09. The molecule has 0 amide bonds. The quantitative estimate of drug-likeness (QED) is 0.698. The molecule has 0 aromatic carbocycles. The summed E-state index contributed by atoms with van der Waals surface area (Å²) in [5.41, 5.74) is -0.00496. The van der Waals surface area contributed by atoms with Crippen molar-refractivity contribution in [2.75, 3.05) is 0 Å². The van der Waals surface area contributed by atoms with Crippen molar-refractivity contribution in [1.29, 1.82) is 0 Å². The van der Waals surface area contributed by atoms with Crippen molar-refractivity contribution in [1.82, 2.24) is 0 Å². The molecule has 0 unspecified atom stereocenters. The molecule has 2 bridgehead atoms. The molecule has 6 atom stereocenters. The van der Waals surface area contributed by atoms with Crippen molar-refractivity contribution < 1.29 is 14.7 Å². The van der Waals surface area contributed by atoms with Crippen LogP contribution in [0.3, 0.4) is 0 Å². The summed E-state index contributed by atoms with van der Waals surface area (Å²) in [5.74, 6) is 1.19. The summed E-state index contributed by atoms with van der Waals surface area (Å²) < 4.78 is 0. The average molecular weight is 316 g/mol. The fraction of sp³-hybridized carbons (Fsp3) is 0.800. The summed E-state index contributed by atoms with van der Waals surface area (Å²) >= 11 is 0. The molecule has 5 saturated carbocycles. The minimum Gasteiger partial charge on any atom is -0.392 e. The second-order valence-corrected chi connectivity index (χ2v) is 9.42. The number of rotatable bonds is 0. The fourth-order valence-corrected chi connectivity index (χ4v) is 7.11. The van der Waals surface area contributed by atoms with Crippen molar-refractivity contribution >= 4 is 11.6 Å². The molecule has 0 aromatic heterocycles. The van der Waals surface area contributed by atoms with E-state index >= 15 is 0 Å². The minimum atomic E-state index is -0.410. The molecule has 1 spiro atoms. The molecule has 5 fully saturated rings. The third kappa shape index (κ3) is 1.65. The van der Waals surface area contributed by atoms with Gasteiger partial charge in [0.15, 0.2) is 5.78 Å². The lowest BCUT2D eigenvalue weighted by molar-refractivity contribution is -0.193. The number of fused-ring (bicyclic) bond motifs is 3. The molecular weight excluding hydrogens is 288 g/mol. The van der Waals surface area contributed by atoms with Crippen molar-refractivity contribution in [3.05, 3.63) is 12.2 Å². The van der Waals surface area contributed by atoms with E-state index in [1.54, 1.807) is 0 Å². The summed E-state index contributed by atoms with van der Waals surface area (Å²) in [5, 5.41) is 10.5. The van der Waals surface area contributed by atoms with E-state index in [0.29, 0.717) is 36.0 Å². The molecule has 1 N–H and O–H groups in total. The zero-order valence-corrected chi connectivity index (χ0v) is 14.5. The Kier molecular flexibility index (Phi) is 2.95. The molecule has 0 aromatic rings. The van der Waals surface area contributed by atoms with Gasteiger partial charge in [-0.05, 0) is 54.9 Å². The van der Waals surface area contributed by atoms with E-state index < -0.39 is 11.5 Å². The number of carbonyl (C=O) groups excluding carboxylic acids is 2. The van der Waals surface area contributed by atoms with Gasteiger partial charge in [-0.1, -0.05) is 27.4 Å². The monoisotopic (exact) mass is 316 g/mol. The van der Waals surface area contributed by atoms with Crippen LogP contribution in [-0.4, -0.2) is 22.8 Å². The second-order valence-electron chi connectivity index (χ2n) is 9.42. The SMILES string of the molecule is C=C1C(=O)[C@]23CC[C@@H]4C(C)(C)C(=O)CC[C@@]4(C)[C@@H]2C[C@H]1[C@@H](O)C3. The van der Waals surface area contributed by atoms with E-state index in [0.717, 1.165) is 25.7 Å². The number of hydrogen-bond donors (Lipinski definition) is 1. The van der Waals surface area contributed by atoms with E-state index in [1.807, 2.05) is 0 Å². The number of hydrogen-bond acceptors (Lipinski definition) is 3. The Morgan fingerprint density at radius 2 is 1.83 bits per heavy atom. The van der Waals surface area contributed by atoms with Gasteiger partial charge in [-0.2, -0.15) is 0 Å². The van der Waals surface area contributed by atoms with Crippen LogP contribution in [0.25, 0.3) is 0 Å². The maximum absolute atomic E-state index is 13.1. The lowest BCUT2D eigenvalue weighted by Crippen LogP contribution is -2.66. The molecule has 23 heavy (non-hydrogen) atoms. The van der Waals surface area contributed by atoms with Crippen LogP contribution in [0, 0.1) is 34.0 Å². The molecule has 0 saturated heterocycles. The van der Waals surface area contributed by atoms with Crippen molar-refractivity contribution in [2.45, 2.75) is 65.4 Å². The summed E-state index contributed by atoms with van der Waals surface area (Å²) in [7, 11) is 0. The first-order valence-corrected chi connectivity index (χ1v) is 9.09. The summed E-state index contributed by atoms with van der Waals surface area (Å²) in [6.07, 6.45) is 4.34. The zero-order valence-electron chi connectivity index (χ0n) is 14.5. The molecule has 0 heterocycles. The molecule has 5 rings (SSSR count). The number of aliphatic hydroxyl groups excluding tert-OH is 1. The van der Waals surface area contributed by atoms with Gasteiger partial charge in [0.25, 0.3) is 0 Å². The predicted molar refractivity (Wildman–Crippen MR) is 87.7 cm³/mol. The normalized spacial score (nSPS) is 51.4. The molecule has 3 nitrogen and oxygen atoms in total. The van der Waals surface area contributed by atoms with Gasteiger partial charge in [0.05, 0.1) is 6.10 Å². The maximum atomic E-state index is 13.1. The second kappa shape index (κ2) is 4.36. The van der Waals surface area contributed by atoms with Crippen LogP contribution in [-0.2, 0) is 9.59 Å². The Morgan fingerprint density at radius 3 is 2.52 bits per heavy atom. The van der Waals surface area contributed by atoms with Gasteiger partial charge in [-0.25, -0.2) is 0 Å². The fourth-order valence-electron chi connectivity index (χ4n) is 7.11. The van der Waals surface area contributed by atoms with E-state index in [9.17, 15) is 14.7 Å². The number of aliphatic hydroxyl groups is 1. The Morgan fingerprint density at radius 1 is 1.13 bits per heavy atom. The van der Waals surface area contributed by atoms with Crippen LogP contribution in [0.15, 0.2) is 12.2 Å². The molecule has 0 radical (unpaired) electrons. The molecule has 126 valence electrons. The minimum absolute atomic E-state index is 0.0322. The Bertz CT molecular complexity index is 618. The molecule has 5 aliphatic carbocycles. The van der Waals surface area contributed by atoms with E-state index in [-0.39, 0.29) is 22.5 Å². The molecule has 0 aliphatic heterocycles. The Labute approximate surface area is 138 Å². The summed E-state index contributed by atoms with van der Waals surface area (Å²) in [6.45, 7) is 10.5. The van der Waals surface area contributed by atoms with E-state index in [4.69, 9.17) is 0 Å². The highest BCUT2D eigenvalue weighted by Gasteiger charge is 2.68. The van der Waals surface area contributed by atoms with Gasteiger partial charge in [-0.15, -0.1) is 0 Å². The Balaban J connectivity index is 1.81. The topological polar surface area (TPSA) is 54.4 Å². The highest BCUT2D eigenvalue weighted by Crippen LogP contribution is 2.70. The van der Waals surface area contributed by atoms with Crippen molar-refractivity contribution in [3.8, 4) is 0 Å². The molecule has 5 aliphatic rings. The zero-order chi connectivity index (χ0) is 16.8. The predicted octanol–water partition coefficient (Wildman–Crippen LogP) is 3.30. The highest BCUT2D eigenvalue weighted by molar-refractivity contribution is 6.02. The maximum Gasteiger partial charge on any atom is 0.165 e. The molecule has 3 heteroatoms. The highest BCUT2D eigenvalue weighted by atomic mass is 16.3. The molecular formula is C20H28O3. The Hall–Kier alpha value is -0.960. The van der Waals surface area contributed by atoms with Crippen LogP contribution in [0.4, 0.5) is 0 Å². The lowest BCUT2D eigenvalue weighted by Gasteiger charge is -2.67. The number of Topliss-reactive ketones (excluding diaryl/α,β-unsaturated/α-hetero) is 2. The number of ketones is 2. The third-order valence-electron chi connectivity index (χ3n) is 8.34. The van der Waals surface area contributed by atoms with Crippen LogP contribution in [0.5, 0.6) is 0 Å². The smallest absolute Gasteiger partial charge is 0.165 e.